The SMILES string of the molecule is CC(C)c1ccccc1OCC(O)CN1CCOC(c2ccc(F)c(F)c2)C1.Cl. The van der Waals surface area contributed by atoms with E-state index in [9.17, 15) is 13.9 Å². The smallest absolute Gasteiger partial charge is 0.159 e. The maximum atomic E-state index is 13.5. The van der Waals surface area contributed by atoms with Gasteiger partial charge in [0.2, 0.25) is 0 Å². The first-order valence-electron chi connectivity index (χ1n) is 9.62. The molecule has 7 heteroatoms. The van der Waals surface area contributed by atoms with Crippen LogP contribution in [0.4, 0.5) is 8.78 Å². The summed E-state index contributed by atoms with van der Waals surface area (Å²) in [5.41, 5.74) is 1.71. The average molecular weight is 428 g/mol. The van der Waals surface area contributed by atoms with Crippen LogP contribution < -0.4 is 4.74 Å². The fraction of sp³-hybridized carbons (Fsp3) is 0.455. The second kappa shape index (κ2) is 10.9. The highest BCUT2D eigenvalue weighted by Gasteiger charge is 2.24. The van der Waals surface area contributed by atoms with Crippen molar-refractivity contribution in [2.24, 2.45) is 0 Å². The first kappa shape index (κ1) is 23.5. The lowest BCUT2D eigenvalue weighted by Crippen LogP contribution is -2.43. The fourth-order valence-corrected chi connectivity index (χ4v) is 3.41. The third-order valence-corrected chi connectivity index (χ3v) is 4.91. The second-order valence-corrected chi connectivity index (χ2v) is 7.45. The Morgan fingerprint density at radius 3 is 2.66 bits per heavy atom. The molecule has 1 fully saturated rings. The Morgan fingerprint density at radius 1 is 1.17 bits per heavy atom. The van der Waals surface area contributed by atoms with E-state index in [0.29, 0.717) is 37.7 Å². The third-order valence-electron chi connectivity index (χ3n) is 4.91. The van der Waals surface area contributed by atoms with Gasteiger partial charge in [-0.05, 0) is 35.2 Å². The maximum Gasteiger partial charge on any atom is 0.159 e. The Bertz CT molecular complexity index is 790. The van der Waals surface area contributed by atoms with Crippen molar-refractivity contribution in [1.82, 2.24) is 4.90 Å². The molecule has 1 aliphatic heterocycles. The van der Waals surface area contributed by atoms with Gasteiger partial charge in [0.1, 0.15) is 18.5 Å². The van der Waals surface area contributed by atoms with Gasteiger partial charge in [-0.1, -0.05) is 38.1 Å². The van der Waals surface area contributed by atoms with Crippen molar-refractivity contribution in [3.8, 4) is 5.75 Å². The summed E-state index contributed by atoms with van der Waals surface area (Å²) in [6, 6.07) is 11.7. The Labute approximate surface area is 176 Å². The summed E-state index contributed by atoms with van der Waals surface area (Å²) in [5, 5.41) is 10.4. The van der Waals surface area contributed by atoms with Gasteiger partial charge in [0.15, 0.2) is 11.6 Å². The zero-order chi connectivity index (χ0) is 20.1. The summed E-state index contributed by atoms with van der Waals surface area (Å²) in [5.74, 6) is -0.621. The van der Waals surface area contributed by atoms with Gasteiger partial charge in [0.25, 0.3) is 0 Å². The predicted molar refractivity (Wildman–Crippen MR) is 111 cm³/mol. The minimum absolute atomic E-state index is 0. The predicted octanol–water partition coefficient (Wildman–Crippen LogP) is 4.32. The molecule has 29 heavy (non-hydrogen) atoms. The molecule has 2 aromatic carbocycles. The molecule has 1 saturated heterocycles. The molecule has 160 valence electrons. The maximum absolute atomic E-state index is 13.5. The van der Waals surface area contributed by atoms with E-state index in [1.54, 1.807) is 0 Å². The molecule has 0 amide bonds. The molecule has 4 nitrogen and oxygen atoms in total. The van der Waals surface area contributed by atoms with Crippen molar-refractivity contribution in [3.63, 3.8) is 0 Å². The number of ether oxygens (including phenoxy) is 2. The topological polar surface area (TPSA) is 41.9 Å². The van der Waals surface area contributed by atoms with E-state index < -0.39 is 17.7 Å². The number of aliphatic hydroxyl groups excluding tert-OH is 1. The summed E-state index contributed by atoms with van der Waals surface area (Å²) in [6.07, 6.45) is -1.01. The van der Waals surface area contributed by atoms with Crippen LogP contribution in [0.1, 0.15) is 37.0 Å². The summed E-state index contributed by atoms with van der Waals surface area (Å²) >= 11 is 0. The number of benzene rings is 2. The van der Waals surface area contributed by atoms with E-state index >= 15 is 0 Å². The average Bonchev–Trinajstić information content (AvgIpc) is 2.69. The molecule has 2 atom stereocenters. The van der Waals surface area contributed by atoms with Gasteiger partial charge < -0.3 is 14.6 Å². The molecule has 0 saturated carbocycles. The molecule has 3 rings (SSSR count). The number of para-hydroxylation sites is 1. The normalized spacial score (nSPS) is 18.3. The van der Waals surface area contributed by atoms with Crippen LogP contribution in [0.25, 0.3) is 0 Å². The van der Waals surface area contributed by atoms with Crippen molar-refractivity contribution in [2.75, 3.05) is 32.8 Å². The number of morpholine rings is 1. The minimum Gasteiger partial charge on any atom is -0.491 e. The highest BCUT2D eigenvalue weighted by atomic mass is 35.5. The van der Waals surface area contributed by atoms with Crippen LogP contribution in [0.2, 0.25) is 0 Å². The molecule has 0 spiro atoms. The lowest BCUT2D eigenvalue weighted by atomic mass is 10.0. The number of hydrogen-bond acceptors (Lipinski definition) is 4. The van der Waals surface area contributed by atoms with E-state index in [4.69, 9.17) is 9.47 Å². The van der Waals surface area contributed by atoms with Crippen LogP contribution in [-0.4, -0.2) is 49.0 Å². The van der Waals surface area contributed by atoms with Gasteiger partial charge in [-0.25, -0.2) is 8.78 Å². The molecule has 1 N–H and O–H groups in total. The number of aliphatic hydroxyl groups is 1. The first-order valence-corrected chi connectivity index (χ1v) is 9.62. The first-order chi connectivity index (χ1) is 13.4. The lowest BCUT2D eigenvalue weighted by molar-refractivity contribution is -0.0461. The van der Waals surface area contributed by atoms with E-state index in [1.807, 2.05) is 24.3 Å². The molecular formula is C22H28ClF2NO3. The van der Waals surface area contributed by atoms with Gasteiger partial charge in [-0.2, -0.15) is 0 Å². The largest absolute Gasteiger partial charge is 0.491 e. The molecule has 0 radical (unpaired) electrons. The summed E-state index contributed by atoms with van der Waals surface area (Å²) < 4.78 is 38.2. The quantitative estimate of drug-likeness (QED) is 0.714. The Kier molecular flexibility index (Phi) is 8.83. The molecule has 1 heterocycles. The summed E-state index contributed by atoms with van der Waals surface area (Å²) in [6.45, 7) is 6.46. The van der Waals surface area contributed by atoms with Gasteiger partial charge in [0, 0.05) is 19.6 Å². The van der Waals surface area contributed by atoms with Crippen LogP contribution in [0, 0.1) is 11.6 Å². The van der Waals surface area contributed by atoms with Gasteiger partial charge in [-0.15, -0.1) is 12.4 Å². The molecule has 0 bridgehead atoms. The Balaban J connectivity index is 0.00000300. The molecule has 0 aromatic heterocycles. The Morgan fingerprint density at radius 2 is 1.93 bits per heavy atom. The van der Waals surface area contributed by atoms with Crippen LogP contribution in [-0.2, 0) is 4.74 Å². The summed E-state index contributed by atoms with van der Waals surface area (Å²) in [7, 11) is 0. The molecular weight excluding hydrogens is 400 g/mol. The zero-order valence-corrected chi connectivity index (χ0v) is 17.5. The van der Waals surface area contributed by atoms with Crippen molar-refractivity contribution in [3.05, 3.63) is 65.2 Å². The summed E-state index contributed by atoms with van der Waals surface area (Å²) in [4.78, 5) is 2.05. The lowest BCUT2D eigenvalue weighted by Gasteiger charge is -2.34. The van der Waals surface area contributed by atoms with Gasteiger partial charge in [-0.3, -0.25) is 4.90 Å². The number of rotatable bonds is 7. The third kappa shape index (κ3) is 6.37. The van der Waals surface area contributed by atoms with Crippen molar-refractivity contribution >= 4 is 12.4 Å². The number of nitrogens with zero attached hydrogens (tertiary/aromatic N) is 1. The highest BCUT2D eigenvalue weighted by Crippen LogP contribution is 2.26. The molecule has 2 aromatic rings. The minimum atomic E-state index is -0.879. The second-order valence-electron chi connectivity index (χ2n) is 7.45. The number of halogens is 3. The van der Waals surface area contributed by atoms with Crippen LogP contribution >= 0.6 is 12.4 Å². The van der Waals surface area contributed by atoms with Gasteiger partial charge >= 0.3 is 0 Å². The van der Waals surface area contributed by atoms with E-state index in [1.165, 1.54) is 12.1 Å². The monoisotopic (exact) mass is 427 g/mol. The molecule has 0 aliphatic carbocycles. The van der Waals surface area contributed by atoms with Crippen LogP contribution in [0.15, 0.2) is 42.5 Å². The van der Waals surface area contributed by atoms with Gasteiger partial charge in [0.05, 0.1) is 12.7 Å². The Hall–Kier alpha value is -1.73. The fourth-order valence-electron chi connectivity index (χ4n) is 3.41. The molecule has 1 aliphatic rings. The van der Waals surface area contributed by atoms with Crippen LogP contribution in [0.5, 0.6) is 5.75 Å². The van der Waals surface area contributed by atoms with Crippen molar-refractivity contribution in [2.45, 2.75) is 32.0 Å². The zero-order valence-electron chi connectivity index (χ0n) is 16.7. The van der Waals surface area contributed by atoms with Crippen LogP contribution in [0.3, 0.4) is 0 Å². The molecule has 2 unspecified atom stereocenters. The van der Waals surface area contributed by atoms with E-state index in [2.05, 4.69) is 18.7 Å². The number of hydrogen-bond donors (Lipinski definition) is 1. The highest BCUT2D eigenvalue weighted by molar-refractivity contribution is 5.85. The van der Waals surface area contributed by atoms with E-state index in [-0.39, 0.29) is 25.1 Å². The van der Waals surface area contributed by atoms with Crippen molar-refractivity contribution < 1.29 is 23.4 Å². The van der Waals surface area contributed by atoms with Crippen molar-refractivity contribution in [1.29, 1.82) is 0 Å². The number of β-amino-alcohol motifs (C(OH)–C–C–N with tert-alkyl or cyclic N) is 1. The van der Waals surface area contributed by atoms with E-state index in [0.717, 1.165) is 17.4 Å². The standard InChI is InChI=1S/C22H27F2NO3.ClH/c1-15(2)18-5-3-4-6-21(18)28-14-17(26)12-25-9-10-27-22(13-25)16-7-8-19(23)20(24)11-16;/h3-8,11,15,17,22,26H,9-10,12-14H2,1-2H3;1H.